The highest BCUT2D eigenvalue weighted by Gasteiger charge is 2.42. The van der Waals surface area contributed by atoms with Crippen molar-refractivity contribution in [3.63, 3.8) is 0 Å². The number of rotatable bonds is 2. The van der Waals surface area contributed by atoms with Crippen molar-refractivity contribution in [1.29, 1.82) is 0 Å². The van der Waals surface area contributed by atoms with Gasteiger partial charge in [0, 0.05) is 44.3 Å². The van der Waals surface area contributed by atoms with Gasteiger partial charge in [-0.15, -0.1) is 0 Å². The molecule has 6 rings (SSSR count). The summed E-state index contributed by atoms with van der Waals surface area (Å²) >= 11 is 0. The van der Waals surface area contributed by atoms with E-state index in [4.69, 9.17) is 0 Å². The first-order chi connectivity index (χ1) is 15.6. The molecule has 1 amide bonds. The van der Waals surface area contributed by atoms with Crippen LogP contribution >= 0.6 is 0 Å². The average molecular weight is 429 g/mol. The number of piperidine rings is 1. The molecular weight excluding hydrogens is 400 g/mol. The normalized spacial score (nSPS) is 18.9. The zero-order valence-corrected chi connectivity index (χ0v) is 18.4. The number of aryl methyl sites for hydroxylation is 1. The Bertz CT molecular complexity index is 1170. The van der Waals surface area contributed by atoms with Crippen LogP contribution < -0.4 is 10.2 Å². The highest BCUT2D eigenvalue weighted by Crippen LogP contribution is 2.43. The first-order valence-corrected chi connectivity index (χ1v) is 11.6. The van der Waals surface area contributed by atoms with Gasteiger partial charge < -0.3 is 19.7 Å². The molecule has 3 aliphatic rings. The van der Waals surface area contributed by atoms with E-state index in [1.165, 1.54) is 24.2 Å². The van der Waals surface area contributed by atoms with Crippen molar-refractivity contribution in [3.8, 4) is 5.69 Å². The van der Waals surface area contributed by atoms with Crippen molar-refractivity contribution in [2.75, 3.05) is 36.4 Å². The first kappa shape index (κ1) is 19.3. The fourth-order valence-electron chi connectivity index (χ4n) is 5.47. The maximum atomic E-state index is 13.3. The second kappa shape index (κ2) is 7.36. The molecule has 0 aliphatic carbocycles. The monoisotopic (exact) mass is 428 g/mol. The Balaban J connectivity index is 1.21. The molecule has 2 aromatic heterocycles. The van der Waals surface area contributed by atoms with E-state index in [-0.39, 0.29) is 11.4 Å². The quantitative estimate of drug-likeness (QED) is 0.674. The number of likely N-dealkylation sites (tertiary alicyclic amines) is 1. The number of anilines is 2. The number of aromatic nitrogens is 3. The van der Waals surface area contributed by atoms with Gasteiger partial charge in [0.15, 0.2) is 0 Å². The zero-order valence-electron chi connectivity index (χ0n) is 18.4. The topological polar surface area (TPSA) is 66.3 Å². The molecule has 2 fully saturated rings. The molecule has 7 nitrogen and oxygen atoms in total. The Morgan fingerprint density at radius 2 is 1.81 bits per heavy atom. The van der Waals surface area contributed by atoms with E-state index in [1.54, 1.807) is 6.20 Å². The molecule has 1 aromatic carbocycles. The van der Waals surface area contributed by atoms with Gasteiger partial charge in [-0.1, -0.05) is 12.1 Å². The van der Waals surface area contributed by atoms with Crippen molar-refractivity contribution < 1.29 is 4.79 Å². The van der Waals surface area contributed by atoms with Gasteiger partial charge in [0.25, 0.3) is 5.91 Å². The summed E-state index contributed by atoms with van der Waals surface area (Å²) in [5, 5.41) is 3.81. The third-order valence-electron chi connectivity index (χ3n) is 7.27. The molecule has 2 saturated heterocycles. The first-order valence-electron chi connectivity index (χ1n) is 11.6. The highest BCUT2D eigenvalue weighted by molar-refractivity contribution is 5.95. The summed E-state index contributed by atoms with van der Waals surface area (Å²) in [6.45, 7) is 5.32. The number of amides is 1. The standard InChI is InChI=1S/C25H28N6O/c1-18-19(17-26-24(27-18)30-12-4-5-13-30)23(32)29-15-10-25(11-16-29)22-9-6-14-31(22)21-8-3-2-7-20(21)28-25/h2-3,6-9,14,17,28H,4-5,10-13,15-16H2,1H3. The summed E-state index contributed by atoms with van der Waals surface area (Å²) in [6, 6.07) is 12.7. The number of carbonyl (C=O) groups excluding carboxylic acids is 1. The van der Waals surface area contributed by atoms with Gasteiger partial charge in [0.05, 0.1) is 28.2 Å². The fourth-order valence-corrected chi connectivity index (χ4v) is 5.47. The number of nitrogens with zero attached hydrogens (tertiary/aromatic N) is 5. The zero-order chi connectivity index (χ0) is 21.7. The van der Waals surface area contributed by atoms with Crippen LogP contribution in [0.1, 0.15) is 47.4 Å². The lowest BCUT2D eigenvalue weighted by Crippen LogP contribution is -2.51. The van der Waals surface area contributed by atoms with Crippen molar-refractivity contribution in [2.24, 2.45) is 0 Å². The SMILES string of the molecule is Cc1nc(N2CCCC2)ncc1C(=O)N1CCC2(CC1)Nc1ccccc1-n1cccc12. The van der Waals surface area contributed by atoms with E-state index in [0.29, 0.717) is 18.7 Å². The Labute approximate surface area is 188 Å². The van der Waals surface area contributed by atoms with E-state index in [0.717, 1.165) is 43.3 Å². The van der Waals surface area contributed by atoms with Gasteiger partial charge in [-0.05, 0) is 56.9 Å². The predicted octanol–water partition coefficient (Wildman–Crippen LogP) is 3.73. The number of hydrogen-bond donors (Lipinski definition) is 1. The Hall–Kier alpha value is -3.35. The smallest absolute Gasteiger partial charge is 0.257 e. The van der Waals surface area contributed by atoms with E-state index < -0.39 is 0 Å². The van der Waals surface area contributed by atoms with Crippen LogP contribution in [0.2, 0.25) is 0 Å². The summed E-state index contributed by atoms with van der Waals surface area (Å²) in [6.07, 6.45) is 7.95. The molecule has 3 aliphatic heterocycles. The highest BCUT2D eigenvalue weighted by atomic mass is 16.2. The van der Waals surface area contributed by atoms with Crippen LogP contribution in [0, 0.1) is 6.92 Å². The number of benzene rings is 1. The van der Waals surface area contributed by atoms with E-state index in [9.17, 15) is 4.79 Å². The van der Waals surface area contributed by atoms with Gasteiger partial charge >= 0.3 is 0 Å². The number of hydrogen-bond acceptors (Lipinski definition) is 5. The van der Waals surface area contributed by atoms with Crippen molar-refractivity contribution >= 4 is 17.5 Å². The van der Waals surface area contributed by atoms with Crippen LogP contribution in [0.4, 0.5) is 11.6 Å². The molecule has 0 radical (unpaired) electrons. The van der Waals surface area contributed by atoms with Gasteiger partial charge in [-0.2, -0.15) is 0 Å². The van der Waals surface area contributed by atoms with E-state index in [2.05, 4.69) is 67.3 Å². The summed E-state index contributed by atoms with van der Waals surface area (Å²) < 4.78 is 2.29. The number of fused-ring (bicyclic) bond motifs is 4. The van der Waals surface area contributed by atoms with Crippen LogP contribution in [-0.4, -0.2) is 51.5 Å². The molecule has 5 heterocycles. The molecule has 0 saturated carbocycles. The maximum absolute atomic E-state index is 13.3. The molecule has 32 heavy (non-hydrogen) atoms. The second-order valence-electron chi connectivity index (χ2n) is 9.14. The lowest BCUT2D eigenvalue weighted by atomic mass is 9.82. The predicted molar refractivity (Wildman–Crippen MR) is 124 cm³/mol. The summed E-state index contributed by atoms with van der Waals surface area (Å²) in [7, 11) is 0. The Kier molecular flexibility index (Phi) is 4.45. The summed E-state index contributed by atoms with van der Waals surface area (Å²) in [5.41, 5.74) is 4.85. The minimum Gasteiger partial charge on any atom is -0.372 e. The molecule has 3 aromatic rings. The molecule has 0 atom stereocenters. The molecule has 1 spiro atoms. The Morgan fingerprint density at radius 1 is 1.03 bits per heavy atom. The van der Waals surface area contributed by atoms with Crippen LogP contribution in [0.15, 0.2) is 48.8 Å². The van der Waals surface area contributed by atoms with Crippen LogP contribution in [0.5, 0.6) is 0 Å². The van der Waals surface area contributed by atoms with Gasteiger partial charge in [0.1, 0.15) is 0 Å². The minimum atomic E-state index is -0.153. The third-order valence-corrected chi connectivity index (χ3v) is 7.27. The van der Waals surface area contributed by atoms with Crippen molar-refractivity contribution in [1.82, 2.24) is 19.4 Å². The lowest BCUT2D eigenvalue weighted by molar-refractivity contribution is 0.0675. The van der Waals surface area contributed by atoms with Gasteiger partial charge in [-0.25, -0.2) is 9.97 Å². The summed E-state index contributed by atoms with van der Waals surface area (Å²) in [4.78, 5) is 26.7. The lowest BCUT2D eigenvalue weighted by Gasteiger charge is -2.46. The van der Waals surface area contributed by atoms with Crippen LogP contribution in [-0.2, 0) is 5.54 Å². The molecule has 7 heteroatoms. The molecule has 0 unspecified atom stereocenters. The second-order valence-corrected chi connectivity index (χ2v) is 9.14. The van der Waals surface area contributed by atoms with Crippen LogP contribution in [0.25, 0.3) is 5.69 Å². The molecular formula is C25H28N6O. The van der Waals surface area contributed by atoms with Gasteiger partial charge in [-0.3, -0.25) is 4.79 Å². The molecule has 164 valence electrons. The van der Waals surface area contributed by atoms with E-state index in [1.807, 2.05) is 11.8 Å². The van der Waals surface area contributed by atoms with E-state index >= 15 is 0 Å². The third kappa shape index (κ3) is 2.98. The van der Waals surface area contributed by atoms with Crippen molar-refractivity contribution in [2.45, 2.75) is 38.1 Å². The van der Waals surface area contributed by atoms with Gasteiger partial charge in [0.2, 0.25) is 5.95 Å². The molecule has 0 bridgehead atoms. The van der Waals surface area contributed by atoms with Crippen molar-refractivity contribution in [3.05, 3.63) is 65.7 Å². The fraction of sp³-hybridized carbons (Fsp3) is 0.400. The summed E-state index contributed by atoms with van der Waals surface area (Å²) in [5.74, 6) is 0.789. The largest absolute Gasteiger partial charge is 0.372 e. The number of nitrogens with one attached hydrogen (secondary N) is 1. The molecule has 1 N–H and O–H groups in total. The van der Waals surface area contributed by atoms with Crippen LogP contribution in [0.3, 0.4) is 0 Å². The average Bonchev–Trinajstić information content (AvgIpc) is 3.52. The Morgan fingerprint density at radius 3 is 2.59 bits per heavy atom. The number of para-hydroxylation sites is 2. The maximum Gasteiger partial charge on any atom is 0.257 e. The minimum absolute atomic E-state index is 0.0388. The number of carbonyl (C=O) groups is 1.